The van der Waals surface area contributed by atoms with Gasteiger partial charge in [-0.05, 0) is 13.0 Å². The molecule has 5 heteroatoms. The highest BCUT2D eigenvalue weighted by molar-refractivity contribution is 7.80. The van der Waals surface area contributed by atoms with E-state index in [0.717, 1.165) is 6.07 Å². The monoisotopic (exact) mass is 219 g/mol. The van der Waals surface area contributed by atoms with Gasteiger partial charge in [0.25, 0.3) is 0 Å². The van der Waals surface area contributed by atoms with Crippen molar-refractivity contribution >= 4 is 22.8 Å². The summed E-state index contributed by atoms with van der Waals surface area (Å²) in [7, 11) is 0. The Morgan fingerprint density at radius 1 is 1.36 bits per heavy atom. The molecule has 0 saturated heterocycles. The molecule has 1 aromatic rings. The van der Waals surface area contributed by atoms with E-state index in [2.05, 4.69) is 0 Å². The first-order chi connectivity index (χ1) is 6.34. The molecule has 0 atom stereocenters. The maximum Gasteiger partial charge on any atom is 0.418 e. The molecular formula is C9H8F3NS. The van der Waals surface area contributed by atoms with Crippen molar-refractivity contribution in [2.75, 3.05) is 5.73 Å². The Bertz CT molecular complexity index is 371. The molecule has 76 valence electrons. The zero-order chi connectivity index (χ0) is 10.9. The molecule has 0 amide bonds. The van der Waals surface area contributed by atoms with Crippen LogP contribution in [0, 0.1) is 0 Å². The van der Waals surface area contributed by atoms with Gasteiger partial charge in [0.15, 0.2) is 0 Å². The van der Waals surface area contributed by atoms with Crippen molar-refractivity contribution in [3.63, 3.8) is 0 Å². The predicted octanol–water partition coefficient (Wildman–Crippen LogP) is 3.03. The van der Waals surface area contributed by atoms with E-state index in [1.165, 1.54) is 12.1 Å². The summed E-state index contributed by atoms with van der Waals surface area (Å²) < 4.78 is 37.1. The van der Waals surface area contributed by atoms with Gasteiger partial charge >= 0.3 is 6.18 Å². The van der Waals surface area contributed by atoms with Gasteiger partial charge in [0.1, 0.15) is 0 Å². The maximum atomic E-state index is 12.4. The number of alkyl halides is 3. The third-order valence-corrected chi connectivity index (χ3v) is 2.01. The minimum Gasteiger partial charge on any atom is -0.398 e. The molecule has 0 aliphatic rings. The van der Waals surface area contributed by atoms with Gasteiger partial charge in [0.2, 0.25) is 0 Å². The zero-order valence-electron chi connectivity index (χ0n) is 7.35. The summed E-state index contributed by atoms with van der Waals surface area (Å²) in [6, 6.07) is 3.72. The van der Waals surface area contributed by atoms with Crippen LogP contribution in [0.25, 0.3) is 0 Å². The van der Waals surface area contributed by atoms with Crippen LogP contribution in [0.15, 0.2) is 18.2 Å². The van der Waals surface area contributed by atoms with Crippen molar-refractivity contribution in [2.24, 2.45) is 0 Å². The summed E-state index contributed by atoms with van der Waals surface area (Å²) in [4.78, 5) is 0.355. The molecule has 0 fully saturated rings. The molecule has 0 bridgehead atoms. The summed E-state index contributed by atoms with van der Waals surface area (Å²) in [6.45, 7) is 1.54. The quantitative estimate of drug-likeness (QED) is 0.446. The lowest BCUT2D eigenvalue weighted by Crippen LogP contribution is -2.11. The lowest BCUT2D eigenvalue weighted by Gasteiger charge is -2.12. The SMILES string of the molecule is CC(=S)c1cccc(C(F)(F)F)c1N. The van der Waals surface area contributed by atoms with Crippen molar-refractivity contribution < 1.29 is 13.2 Å². The Kier molecular flexibility index (Phi) is 2.80. The highest BCUT2D eigenvalue weighted by Gasteiger charge is 2.33. The van der Waals surface area contributed by atoms with Gasteiger partial charge in [-0.1, -0.05) is 24.4 Å². The van der Waals surface area contributed by atoms with Gasteiger partial charge in [-0.2, -0.15) is 13.2 Å². The third-order valence-electron chi connectivity index (χ3n) is 1.79. The fraction of sp³-hybridized carbons (Fsp3) is 0.222. The Balaban J connectivity index is 3.35. The summed E-state index contributed by atoms with van der Waals surface area (Å²) >= 11 is 4.78. The molecule has 1 aromatic carbocycles. The molecule has 0 radical (unpaired) electrons. The number of para-hydroxylation sites is 1. The van der Waals surface area contributed by atoms with Gasteiger partial charge in [0, 0.05) is 10.4 Å². The minimum absolute atomic E-state index is 0.273. The van der Waals surface area contributed by atoms with E-state index in [-0.39, 0.29) is 11.3 Å². The van der Waals surface area contributed by atoms with Crippen LogP contribution < -0.4 is 5.73 Å². The number of hydrogen-bond acceptors (Lipinski definition) is 2. The Hall–Kier alpha value is -1.10. The second-order valence-corrected chi connectivity index (χ2v) is 3.43. The fourth-order valence-corrected chi connectivity index (χ4v) is 1.30. The Morgan fingerprint density at radius 3 is 2.36 bits per heavy atom. The van der Waals surface area contributed by atoms with Crippen LogP contribution in [0.3, 0.4) is 0 Å². The number of benzene rings is 1. The van der Waals surface area contributed by atoms with Crippen molar-refractivity contribution in [1.29, 1.82) is 0 Å². The highest BCUT2D eigenvalue weighted by atomic mass is 32.1. The molecule has 0 saturated carbocycles. The molecule has 2 N–H and O–H groups in total. The lowest BCUT2D eigenvalue weighted by atomic mass is 10.1. The molecule has 14 heavy (non-hydrogen) atoms. The number of nitrogens with two attached hydrogens (primary N) is 1. The summed E-state index contributed by atoms with van der Waals surface area (Å²) in [6.07, 6.45) is -4.43. The molecule has 0 aromatic heterocycles. The first-order valence-corrected chi connectivity index (χ1v) is 4.21. The second-order valence-electron chi connectivity index (χ2n) is 2.82. The number of halogens is 3. The van der Waals surface area contributed by atoms with Crippen LogP contribution in [0.1, 0.15) is 18.1 Å². The van der Waals surface area contributed by atoms with Crippen LogP contribution in [0.2, 0.25) is 0 Å². The summed E-state index contributed by atoms with van der Waals surface area (Å²) in [5.41, 5.74) is 4.50. The number of anilines is 1. The van der Waals surface area contributed by atoms with Crippen molar-refractivity contribution in [2.45, 2.75) is 13.1 Å². The molecule has 0 aliphatic carbocycles. The fourth-order valence-electron chi connectivity index (χ4n) is 1.12. The summed E-state index contributed by atoms with van der Waals surface area (Å²) in [5, 5.41) is 0. The van der Waals surface area contributed by atoms with Crippen LogP contribution in [0.4, 0.5) is 18.9 Å². The molecule has 0 spiro atoms. The number of rotatable bonds is 1. The standard InChI is InChI=1S/C9H8F3NS/c1-5(14)6-3-2-4-7(8(6)13)9(10,11)12/h2-4H,13H2,1H3. The van der Waals surface area contributed by atoms with Gasteiger partial charge in [-0.15, -0.1) is 0 Å². The first-order valence-electron chi connectivity index (χ1n) is 3.80. The average molecular weight is 219 g/mol. The van der Waals surface area contributed by atoms with Crippen molar-refractivity contribution in [3.05, 3.63) is 29.3 Å². The molecule has 1 rings (SSSR count). The van der Waals surface area contributed by atoms with E-state index in [0.29, 0.717) is 4.86 Å². The van der Waals surface area contributed by atoms with E-state index < -0.39 is 11.7 Å². The Morgan fingerprint density at radius 2 is 1.93 bits per heavy atom. The van der Waals surface area contributed by atoms with Gasteiger partial charge in [0.05, 0.1) is 11.3 Å². The molecule has 1 nitrogen and oxygen atoms in total. The maximum absolute atomic E-state index is 12.4. The Labute approximate surface area is 84.7 Å². The van der Waals surface area contributed by atoms with E-state index >= 15 is 0 Å². The van der Waals surface area contributed by atoms with E-state index in [9.17, 15) is 13.2 Å². The topological polar surface area (TPSA) is 26.0 Å². The smallest absolute Gasteiger partial charge is 0.398 e. The average Bonchev–Trinajstić information content (AvgIpc) is 2.01. The molecule has 0 aliphatic heterocycles. The van der Waals surface area contributed by atoms with Gasteiger partial charge < -0.3 is 5.73 Å². The summed E-state index contributed by atoms with van der Waals surface area (Å²) in [5.74, 6) is 0. The zero-order valence-corrected chi connectivity index (χ0v) is 8.17. The third kappa shape index (κ3) is 2.04. The van der Waals surface area contributed by atoms with Crippen LogP contribution in [0.5, 0.6) is 0 Å². The number of thiocarbonyl (C=S) groups is 1. The molecular weight excluding hydrogens is 211 g/mol. The van der Waals surface area contributed by atoms with Crippen LogP contribution >= 0.6 is 12.2 Å². The van der Waals surface area contributed by atoms with E-state index in [4.69, 9.17) is 18.0 Å². The van der Waals surface area contributed by atoms with Crippen molar-refractivity contribution in [1.82, 2.24) is 0 Å². The minimum atomic E-state index is -4.43. The normalized spacial score (nSPS) is 11.4. The number of hydrogen-bond donors (Lipinski definition) is 1. The number of nitrogen functional groups attached to an aromatic ring is 1. The second kappa shape index (κ2) is 3.57. The van der Waals surface area contributed by atoms with E-state index in [1.54, 1.807) is 6.92 Å². The van der Waals surface area contributed by atoms with E-state index in [1.807, 2.05) is 0 Å². The lowest BCUT2D eigenvalue weighted by molar-refractivity contribution is -0.136. The largest absolute Gasteiger partial charge is 0.418 e. The molecule has 0 unspecified atom stereocenters. The van der Waals surface area contributed by atoms with Crippen LogP contribution in [-0.2, 0) is 6.18 Å². The van der Waals surface area contributed by atoms with Gasteiger partial charge in [-0.25, -0.2) is 0 Å². The predicted molar refractivity (Wildman–Crippen MR) is 53.2 cm³/mol. The first kappa shape index (κ1) is 11.0. The van der Waals surface area contributed by atoms with Gasteiger partial charge in [-0.3, -0.25) is 0 Å². The van der Waals surface area contributed by atoms with Crippen LogP contribution in [-0.4, -0.2) is 4.86 Å². The van der Waals surface area contributed by atoms with Crippen molar-refractivity contribution in [3.8, 4) is 0 Å². The highest BCUT2D eigenvalue weighted by Crippen LogP contribution is 2.34. The molecule has 0 heterocycles.